The Hall–Kier alpha value is -5.02. The summed E-state index contributed by atoms with van der Waals surface area (Å²) in [6.07, 6.45) is 1.54. The predicted molar refractivity (Wildman–Crippen MR) is 167 cm³/mol. The molecule has 4 rings (SSSR count). The summed E-state index contributed by atoms with van der Waals surface area (Å²) in [6.45, 7) is 1.99. The van der Waals surface area contributed by atoms with Crippen LogP contribution in [0.1, 0.15) is 21.5 Å². The van der Waals surface area contributed by atoms with Crippen molar-refractivity contribution in [3.63, 3.8) is 0 Å². The van der Waals surface area contributed by atoms with Crippen LogP contribution < -0.4 is 25.4 Å². The van der Waals surface area contributed by atoms with Gasteiger partial charge in [-0.3, -0.25) is 14.4 Å². The summed E-state index contributed by atoms with van der Waals surface area (Å²) in [4.78, 5) is 39.7. The minimum absolute atomic E-state index is 0.0165. The first-order valence-corrected chi connectivity index (χ1v) is 14.0. The Balaban J connectivity index is 1.50. The van der Waals surface area contributed by atoms with E-state index in [4.69, 9.17) is 9.47 Å². The number of hydrogen-bond acceptors (Lipinski definition) is 6. The molecule has 0 bridgehead atoms. The minimum Gasteiger partial charge on any atom is -0.497 e. The van der Waals surface area contributed by atoms with E-state index in [0.717, 1.165) is 16.1 Å². The number of hydrogen-bond donors (Lipinski definition) is 3. The van der Waals surface area contributed by atoms with E-state index in [0.29, 0.717) is 28.3 Å². The maximum atomic E-state index is 13.5. The third-order valence-electron chi connectivity index (χ3n) is 6.07. The maximum absolute atomic E-state index is 13.5. The third kappa shape index (κ3) is 8.49. The van der Waals surface area contributed by atoms with Gasteiger partial charge in [-0.1, -0.05) is 42.0 Å². The number of anilines is 2. The smallest absolute Gasteiger partial charge is 0.272 e. The van der Waals surface area contributed by atoms with Crippen LogP contribution in [0.5, 0.6) is 11.5 Å². The van der Waals surface area contributed by atoms with Crippen molar-refractivity contribution in [3.8, 4) is 11.5 Å². The number of amides is 3. The Kier molecular flexibility index (Phi) is 10.4. The zero-order chi connectivity index (χ0) is 29.9. The summed E-state index contributed by atoms with van der Waals surface area (Å²) in [5.41, 5.74) is 3.34. The molecule has 0 heterocycles. The van der Waals surface area contributed by atoms with Gasteiger partial charge in [-0.25, -0.2) is 0 Å². The molecule has 0 saturated carbocycles. The second-order valence-electron chi connectivity index (χ2n) is 9.17. The molecule has 0 spiro atoms. The molecule has 214 valence electrons. The lowest BCUT2D eigenvalue weighted by Gasteiger charge is -2.13. The molecule has 3 amide bonds. The van der Waals surface area contributed by atoms with Gasteiger partial charge in [0, 0.05) is 33.5 Å². The van der Waals surface area contributed by atoms with Crippen LogP contribution in [0.25, 0.3) is 6.08 Å². The fourth-order valence-electron chi connectivity index (χ4n) is 3.88. The Morgan fingerprint density at radius 3 is 2.26 bits per heavy atom. The number of rotatable bonds is 11. The highest BCUT2D eigenvalue weighted by Crippen LogP contribution is 2.27. The highest BCUT2D eigenvalue weighted by atomic mass is 32.2. The van der Waals surface area contributed by atoms with Gasteiger partial charge in [-0.15, -0.1) is 11.8 Å². The maximum Gasteiger partial charge on any atom is 0.272 e. The molecule has 8 nitrogen and oxygen atoms in total. The molecule has 9 heteroatoms. The number of ether oxygens (including phenoxy) is 2. The van der Waals surface area contributed by atoms with Crippen LogP contribution in [0.4, 0.5) is 11.4 Å². The molecule has 4 aromatic carbocycles. The van der Waals surface area contributed by atoms with Gasteiger partial charge in [0.1, 0.15) is 17.2 Å². The molecule has 0 aliphatic rings. The summed E-state index contributed by atoms with van der Waals surface area (Å²) >= 11 is 1.34. The number of carbonyl (C=O) groups is 3. The van der Waals surface area contributed by atoms with E-state index in [1.54, 1.807) is 79.9 Å². The third-order valence-corrected chi connectivity index (χ3v) is 7.06. The molecule has 0 fully saturated rings. The Morgan fingerprint density at radius 1 is 0.786 bits per heavy atom. The molecule has 0 aliphatic carbocycles. The molecule has 0 aliphatic heterocycles. The Labute approximate surface area is 249 Å². The molecule has 0 aromatic heterocycles. The molecule has 42 heavy (non-hydrogen) atoms. The normalized spacial score (nSPS) is 10.9. The Morgan fingerprint density at radius 2 is 1.55 bits per heavy atom. The van der Waals surface area contributed by atoms with Gasteiger partial charge in [0.2, 0.25) is 5.91 Å². The van der Waals surface area contributed by atoms with E-state index in [1.165, 1.54) is 18.9 Å². The number of benzene rings is 4. The fraction of sp³-hybridized carbons (Fsp3) is 0.121. The highest BCUT2D eigenvalue weighted by molar-refractivity contribution is 8.00. The van der Waals surface area contributed by atoms with E-state index in [2.05, 4.69) is 16.0 Å². The van der Waals surface area contributed by atoms with Gasteiger partial charge < -0.3 is 25.4 Å². The van der Waals surface area contributed by atoms with Crippen LogP contribution in [-0.2, 0) is 9.59 Å². The van der Waals surface area contributed by atoms with Gasteiger partial charge >= 0.3 is 0 Å². The lowest BCUT2D eigenvalue weighted by atomic mass is 10.1. The SMILES string of the molecule is COc1ccc(/C=C(/NC(=O)c2ccccc2)C(=O)Nc2cccc(SCC(=O)Nc3ccc(C)cc3)c2)c(OC)c1. The van der Waals surface area contributed by atoms with Crippen molar-refractivity contribution in [1.82, 2.24) is 5.32 Å². The lowest BCUT2D eigenvalue weighted by molar-refractivity contribution is -0.114. The molecule has 0 atom stereocenters. The van der Waals surface area contributed by atoms with Gasteiger partial charge in [-0.2, -0.15) is 0 Å². The second-order valence-corrected chi connectivity index (χ2v) is 10.2. The van der Waals surface area contributed by atoms with E-state index in [-0.39, 0.29) is 17.4 Å². The predicted octanol–water partition coefficient (Wildman–Crippen LogP) is 6.15. The van der Waals surface area contributed by atoms with Crippen LogP contribution >= 0.6 is 11.8 Å². The van der Waals surface area contributed by atoms with Crippen LogP contribution in [0.2, 0.25) is 0 Å². The molecule has 3 N–H and O–H groups in total. The van der Waals surface area contributed by atoms with Crippen LogP contribution in [0.15, 0.2) is 108 Å². The first-order valence-electron chi connectivity index (χ1n) is 13.1. The van der Waals surface area contributed by atoms with Crippen molar-refractivity contribution in [1.29, 1.82) is 0 Å². The first-order chi connectivity index (χ1) is 20.3. The number of methoxy groups -OCH3 is 2. The van der Waals surface area contributed by atoms with Crippen molar-refractivity contribution < 1.29 is 23.9 Å². The van der Waals surface area contributed by atoms with Crippen LogP contribution in [0.3, 0.4) is 0 Å². The summed E-state index contributed by atoms with van der Waals surface area (Å²) in [7, 11) is 3.06. The van der Waals surface area contributed by atoms with Crippen LogP contribution in [0, 0.1) is 6.92 Å². The van der Waals surface area contributed by atoms with Gasteiger partial charge in [-0.05, 0) is 67.6 Å². The minimum atomic E-state index is -0.531. The van der Waals surface area contributed by atoms with Crippen molar-refractivity contribution in [2.75, 3.05) is 30.6 Å². The molecular formula is C33H31N3O5S. The zero-order valence-corrected chi connectivity index (χ0v) is 24.3. The summed E-state index contributed by atoms with van der Waals surface area (Å²) in [6, 6.07) is 28.5. The molecule has 0 radical (unpaired) electrons. The molecule has 4 aromatic rings. The number of thioether (sulfide) groups is 1. The van der Waals surface area contributed by atoms with E-state index >= 15 is 0 Å². The van der Waals surface area contributed by atoms with Crippen LogP contribution in [-0.4, -0.2) is 37.7 Å². The number of carbonyl (C=O) groups excluding carboxylic acids is 3. The summed E-state index contributed by atoms with van der Waals surface area (Å²) < 4.78 is 10.7. The van der Waals surface area contributed by atoms with Crippen molar-refractivity contribution >= 4 is 46.9 Å². The van der Waals surface area contributed by atoms with E-state index in [9.17, 15) is 14.4 Å². The number of nitrogens with one attached hydrogen (secondary N) is 3. The molecule has 0 unspecified atom stereocenters. The van der Waals surface area contributed by atoms with Gasteiger partial charge in [0.25, 0.3) is 11.8 Å². The van der Waals surface area contributed by atoms with E-state index in [1.807, 2.05) is 37.3 Å². The fourth-order valence-corrected chi connectivity index (χ4v) is 4.64. The van der Waals surface area contributed by atoms with Gasteiger partial charge in [0.05, 0.1) is 20.0 Å². The van der Waals surface area contributed by atoms with E-state index < -0.39 is 11.8 Å². The van der Waals surface area contributed by atoms with Crippen molar-refractivity contribution in [2.24, 2.45) is 0 Å². The topological polar surface area (TPSA) is 106 Å². The summed E-state index contributed by atoms with van der Waals surface area (Å²) in [5.74, 6) is 0.146. The average Bonchev–Trinajstić information content (AvgIpc) is 3.01. The monoisotopic (exact) mass is 581 g/mol. The average molecular weight is 582 g/mol. The van der Waals surface area contributed by atoms with Gasteiger partial charge in [0.15, 0.2) is 0 Å². The quantitative estimate of drug-likeness (QED) is 0.145. The van der Waals surface area contributed by atoms with Crippen molar-refractivity contribution in [3.05, 3.63) is 119 Å². The largest absolute Gasteiger partial charge is 0.497 e. The first kappa shape index (κ1) is 30.0. The standard InChI is InChI=1S/C33H31N3O5S/c1-22-12-15-25(16-13-22)34-31(37)21-42-28-11-7-10-26(19-28)35-33(39)29(36-32(38)23-8-5-4-6-9-23)18-24-14-17-27(40-2)20-30(24)41-3/h4-20H,21H2,1-3H3,(H,34,37)(H,35,39)(H,36,38)/b29-18+. The number of aryl methyl sites for hydroxylation is 1. The zero-order valence-electron chi connectivity index (χ0n) is 23.5. The lowest BCUT2D eigenvalue weighted by Crippen LogP contribution is -2.30. The molecule has 0 saturated heterocycles. The second kappa shape index (κ2) is 14.6. The van der Waals surface area contributed by atoms with Crippen molar-refractivity contribution in [2.45, 2.75) is 11.8 Å². The Bertz CT molecular complexity index is 1590. The highest BCUT2D eigenvalue weighted by Gasteiger charge is 2.17. The summed E-state index contributed by atoms with van der Waals surface area (Å²) in [5, 5.41) is 8.46. The molecular weight excluding hydrogens is 550 g/mol.